The Hall–Kier alpha value is -1.65. The highest BCUT2D eigenvalue weighted by Gasteiger charge is 2.51. The Morgan fingerprint density at radius 3 is 2.50 bits per heavy atom. The van der Waals surface area contributed by atoms with Crippen molar-refractivity contribution in [2.24, 2.45) is 5.84 Å². The summed E-state index contributed by atoms with van der Waals surface area (Å²) in [5, 5.41) is 0. The molecule has 1 heterocycles. The number of hydrogen-bond donors (Lipinski definition) is 1. The number of epoxide rings is 1. The number of hydrazine groups is 1. The second-order valence-electron chi connectivity index (χ2n) is 4.00. The fraction of sp³-hybridized carbons (Fsp3) is 0.300. The number of amides is 1. The van der Waals surface area contributed by atoms with Gasteiger partial charge in [0.05, 0.1) is 6.61 Å². The van der Waals surface area contributed by atoms with Crippen LogP contribution in [0.25, 0.3) is 0 Å². The fourth-order valence-corrected chi connectivity index (χ4v) is 2.01. The van der Waals surface area contributed by atoms with Crippen LogP contribution in [0.5, 0.6) is 0 Å². The summed E-state index contributed by atoms with van der Waals surface area (Å²) >= 11 is 0. The summed E-state index contributed by atoms with van der Waals surface area (Å²) in [5.41, 5.74) is -5.35. The molecule has 1 unspecified atom stereocenters. The molecule has 0 radical (unpaired) electrons. The van der Waals surface area contributed by atoms with Gasteiger partial charge in [-0.05, 0) is 17.7 Å². The molecule has 0 spiro atoms. The maximum atomic E-state index is 12.3. The monoisotopic (exact) mass is 310 g/mol. The number of hydrogen-bond acceptors (Lipinski definition) is 5. The van der Waals surface area contributed by atoms with Gasteiger partial charge in [-0.3, -0.25) is 4.79 Å². The molecule has 2 N–H and O–H groups in total. The number of halogens is 3. The zero-order valence-electron chi connectivity index (χ0n) is 9.79. The van der Waals surface area contributed by atoms with Crippen molar-refractivity contribution in [1.82, 2.24) is 4.41 Å². The van der Waals surface area contributed by atoms with Gasteiger partial charge in [0.1, 0.15) is 6.10 Å². The van der Waals surface area contributed by atoms with Crippen molar-refractivity contribution < 1.29 is 31.1 Å². The first-order valence-electron chi connectivity index (χ1n) is 5.27. The van der Waals surface area contributed by atoms with E-state index in [0.29, 0.717) is 12.2 Å². The zero-order chi connectivity index (χ0) is 15.1. The second-order valence-corrected chi connectivity index (χ2v) is 5.81. The van der Waals surface area contributed by atoms with Gasteiger partial charge in [-0.1, -0.05) is 12.1 Å². The topological polar surface area (TPSA) is 93.0 Å². The maximum Gasteiger partial charge on any atom is 0.518 e. The summed E-state index contributed by atoms with van der Waals surface area (Å²) in [4.78, 5) is 11.7. The number of alkyl halides is 3. The lowest BCUT2D eigenvalue weighted by atomic mass is 10.1. The SMILES string of the molecule is NN(C(=O)c1cccc(C2CO2)c1)S(=O)(=O)C(F)(F)F. The van der Waals surface area contributed by atoms with Crippen LogP contribution in [0.3, 0.4) is 0 Å². The van der Waals surface area contributed by atoms with Gasteiger partial charge in [0.15, 0.2) is 0 Å². The highest BCUT2D eigenvalue weighted by molar-refractivity contribution is 7.90. The molecular weight excluding hydrogens is 301 g/mol. The normalized spacial score (nSPS) is 18.7. The number of rotatable bonds is 3. The molecule has 0 aliphatic carbocycles. The summed E-state index contributed by atoms with van der Waals surface area (Å²) in [5.74, 6) is 3.33. The third kappa shape index (κ3) is 2.62. The van der Waals surface area contributed by atoms with Gasteiger partial charge in [-0.2, -0.15) is 26.0 Å². The minimum atomic E-state index is -5.91. The standard InChI is InChI=1S/C10H9F3N2O4S/c11-10(12,13)20(17,18)15(14)9(16)7-3-1-2-6(4-7)8-5-19-8/h1-4,8H,5,14H2. The minimum Gasteiger partial charge on any atom is -0.368 e. The van der Waals surface area contributed by atoms with Crippen LogP contribution >= 0.6 is 0 Å². The Morgan fingerprint density at radius 2 is 2.00 bits per heavy atom. The minimum absolute atomic E-state index is 0.229. The molecule has 1 saturated heterocycles. The molecule has 1 amide bonds. The van der Waals surface area contributed by atoms with Gasteiger partial charge < -0.3 is 4.74 Å². The Morgan fingerprint density at radius 1 is 1.40 bits per heavy atom. The maximum absolute atomic E-state index is 12.3. The van der Waals surface area contributed by atoms with Crippen LogP contribution in [0.1, 0.15) is 22.0 Å². The smallest absolute Gasteiger partial charge is 0.368 e. The van der Waals surface area contributed by atoms with Crippen LogP contribution < -0.4 is 5.84 Å². The van der Waals surface area contributed by atoms with E-state index >= 15 is 0 Å². The predicted octanol–water partition coefficient (Wildman–Crippen LogP) is 0.923. The molecule has 1 fully saturated rings. The van der Waals surface area contributed by atoms with Crippen LogP contribution in [0.4, 0.5) is 13.2 Å². The molecule has 0 saturated carbocycles. The molecule has 20 heavy (non-hydrogen) atoms. The van der Waals surface area contributed by atoms with Crippen LogP contribution in [-0.2, 0) is 14.8 Å². The largest absolute Gasteiger partial charge is 0.518 e. The van der Waals surface area contributed by atoms with E-state index in [1.807, 2.05) is 0 Å². The molecule has 10 heteroatoms. The molecule has 0 bridgehead atoms. The van der Waals surface area contributed by atoms with Gasteiger partial charge in [0.2, 0.25) is 0 Å². The van der Waals surface area contributed by atoms with Gasteiger partial charge in [0, 0.05) is 5.56 Å². The van der Waals surface area contributed by atoms with Crippen LogP contribution in [0.15, 0.2) is 24.3 Å². The first-order chi connectivity index (χ1) is 9.14. The zero-order valence-corrected chi connectivity index (χ0v) is 10.6. The first-order valence-corrected chi connectivity index (χ1v) is 6.71. The van der Waals surface area contributed by atoms with Gasteiger partial charge in [0.25, 0.3) is 5.91 Å². The molecule has 1 atom stereocenters. The molecular formula is C10H9F3N2O4S. The third-order valence-electron chi connectivity index (χ3n) is 2.59. The highest BCUT2D eigenvalue weighted by Crippen LogP contribution is 2.31. The summed E-state index contributed by atoms with van der Waals surface area (Å²) in [6.07, 6.45) is -0.229. The van der Waals surface area contributed by atoms with E-state index in [1.165, 1.54) is 18.2 Å². The van der Waals surface area contributed by atoms with E-state index < -0.39 is 25.9 Å². The number of nitrogens with two attached hydrogens (primary N) is 1. The molecule has 2 rings (SSSR count). The Bertz CT molecular complexity index is 640. The number of sulfonamides is 1. The number of ether oxygens (including phenoxy) is 1. The van der Waals surface area contributed by atoms with Crippen molar-refractivity contribution in [2.45, 2.75) is 11.6 Å². The Balaban J connectivity index is 2.29. The lowest BCUT2D eigenvalue weighted by Gasteiger charge is -2.18. The average Bonchev–Trinajstić information content (AvgIpc) is 3.20. The third-order valence-corrected chi connectivity index (χ3v) is 3.86. The predicted molar refractivity (Wildman–Crippen MR) is 60.5 cm³/mol. The lowest BCUT2D eigenvalue weighted by Crippen LogP contribution is -2.48. The average molecular weight is 310 g/mol. The Kier molecular flexibility index (Phi) is 3.48. The molecule has 1 aromatic rings. The van der Waals surface area contributed by atoms with Crippen molar-refractivity contribution in [3.05, 3.63) is 35.4 Å². The lowest BCUT2D eigenvalue weighted by molar-refractivity contribution is -0.0483. The van der Waals surface area contributed by atoms with Crippen molar-refractivity contribution in [3.63, 3.8) is 0 Å². The van der Waals surface area contributed by atoms with E-state index in [-0.39, 0.29) is 11.7 Å². The first kappa shape index (κ1) is 14.8. The van der Waals surface area contributed by atoms with E-state index in [1.54, 1.807) is 6.07 Å². The van der Waals surface area contributed by atoms with Crippen molar-refractivity contribution in [3.8, 4) is 0 Å². The van der Waals surface area contributed by atoms with Crippen LogP contribution in [-0.4, -0.2) is 30.9 Å². The van der Waals surface area contributed by atoms with Crippen LogP contribution in [0.2, 0.25) is 0 Å². The summed E-state index contributed by atoms with van der Waals surface area (Å²) < 4.78 is 63.1. The molecule has 6 nitrogen and oxygen atoms in total. The highest BCUT2D eigenvalue weighted by atomic mass is 32.2. The van der Waals surface area contributed by atoms with Crippen molar-refractivity contribution in [2.75, 3.05) is 6.61 Å². The molecule has 110 valence electrons. The van der Waals surface area contributed by atoms with Gasteiger partial charge in [-0.25, -0.2) is 5.84 Å². The molecule has 0 aromatic heterocycles. The number of carbonyl (C=O) groups excluding carboxylic acids is 1. The van der Waals surface area contributed by atoms with E-state index in [0.717, 1.165) is 0 Å². The van der Waals surface area contributed by atoms with Crippen molar-refractivity contribution >= 4 is 15.9 Å². The quantitative estimate of drug-likeness (QED) is 0.388. The van der Waals surface area contributed by atoms with Gasteiger partial charge in [-0.15, -0.1) is 0 Å². The van der Waals surface area contributed by atoms with Crippen molar-refractivity contribution in [1.29, 1.82) is 0 Å². The summed E-state index contributed by atoms with van der Waals surface area (Å²) in [6.45, 7) is 0.435. The van der Waals surface area contributed by atoms with E-state index in [2.05, 4.69) is 0 Å². The van der Waals surface area contributed by atoms with E-state index in [9.17, 15) is 26.4 Å². The fourth-order valence-electron chi connectivity index (χ4n) is 1.46. The number of carbonyl (C=O) groups is 1. The molecule has 1 aliphatic rings. The van der Waals surface area contributed by atoms with E-state index in [4.69, 9.17) is 10.6 Å². The molecule has 1 aromatic carbocycles. The second kappa shape index (κ2) is 4.72. The van der Waals surface area contributed by atoms with Gasteiger partial charge >= 0.3 is 15.5 Å². The van der Waals surface area contributed by atoms with Crippen LogP contribution in [0, 0.1) is 0 Å². The molecule has 1 aliphatic heterocycles. The summed E-state index contributed by atoms with van der Waals surface area (Å²) in [7, 11) is -5.91. The summed E-state index contributed by atoms with van der Waals surface area (Å²) in [6, 6.07) is 5.41. The number of benzene rings is 1. The Labute approximate surface area is 111 Å². The number of nitrogens with zero attached hydrogens (tertiary/aromatic N) is 1.